The van der Waals surface area contributed by atoms with Crippen molar-refractivity contribution in [1.82, 2.24) is 0 Å². The van der Waals surface area contributed by atoms with Crippen molar-refractivity contribution >= 4 is 11.6 Å². The molecule has 0 saturated carbocycles. The second kappa shape index (κ2) is 27.0. The Balaban J connectivity index is 0.986. The van der Waals surface area contributed by atoms with E-state index in [9.17, 15) is 0 Å². The highest BCUT2D eigenvalue weighted by atomic mass is 16.5. The van der Waals surface area contributed by atoms with Gasteiger partial charge >= 0.3 is 0 Å². The highest BCUT2D eigenvalue weighted by Gasteiger charge is 2.42. The Morgan fingerprint density at radius 2 is 0.708 bits per heavy atom. The summed E-state index contributed by atoms with van der Waals surface area (Å²) in [5.41, 5.74) is 10.7. The number of hydrogen-bond donors (Lipinski definition) is 0. The van der Waals surface area contributed by atoms with E-state index < -0.39 is 10.8 Å². The molecule has 6 heterocycles. The molecule has 0 N–H and O–H groups in total. The number of benzene rings is 6. The van der Waals surface area contributed by atoms with Gasteiger partial charge in [-0.1, -0.05) is 165 Å². The zero-order chi connectivity index (χ0) is 68.0. The molecule has 0 aliphatic carbocycles. The van der Waals surface area contributed by atoms with Gasteiger partial charge in [-0.05, 0) is 131 Å². The summed E-state index contributed by atoms with van der Waals surface area (Å²) < 4.78 is 74.9. The summed E-state index contributed by atoms with van der Waals surface area (Å²) in [5, 5.41) is 0. The minimum absolute atomic E-state index is 0.0227. The Hall–Kier alpha value is -6.38. The van der Waals surface area contributed by atoms with Gasteiger partial charge in [-0.3, -0.25) is 0 Å². The molecule has 96 heavy (non-hydrogen) atoms. The summed E-state index contributed by atoms with van der Waals surface area (Å²) in [4.78, 5) is 0. The van der Waals surface area contributed by atoms with Gasteiger partial charge in [0.2, 0.25) is 0 Å². The highest BCUT2D eigenvalue weighted by molar-refractivity contribution is 5.86. The summed E-state index contributed by atoms with van der Waals surface area (Å²) in [7, 11) is 0. The Morgan fingerprint density at radius 1 is 0.375 bits per heavy atom. The predicted molar refractivity (Wildman–Crippen MR) is 381 cm³/mol. The van der Waals surface area contributed by atoms with Crippen LogP contribution in [-0.2, 0) is 56.5 Å². The third-order valence-corrected chi connectivity index (χ3v) is 22.0. The summed E-state index contributed by atoms with van der Waals surface area (Å²) in [6.45, 7) is 46.2. The van der Waals surface area contributed by atoms with Gasteiger partial charge in [0.25, 0.3) is 0 Å². The van der Waals surface area contributed by atoms with Gasteiger partial charge in [0.05, 0.1) is 119 Å². The molecular weight excluding hydrogens is 1200 g/mol. The van der Waals surface area contributed by atoms with E-state index in [-0.39, 0.29) is 43.3 Å². The zero-order valence-corrected chi connectivity index (χ0v) is 60.4. The van der Waals surface area contributed by atoms with Gasteiger partial charge in [0.15, 0.2) is 0 Å². The van der Waals surface area contributed by atoms with Crippen LogP contribution in [-0.4, -0.2) is 119 Å². The quantitative estimate of drug-likeness (QED) is 0.0387. The Labute approximate surface area is 573 Å². The van der Waals surface area contributed by atoms with Crippen LogP contribution in [0, 0.1) is 32.5 Å². The molecule has 0 spiro atoms. The molecule has 1 unspecified atom stereocenters. The molecule has 516 valence electrons. The standard InChI is InChI=1S/C84H108O12/c1-16-58(70-37-65(25-33-73(70)95-56-82(13)48-89-49-82)76(5,6)62-20-28-68(29-21-62)92-53-79(10)42-86-43-79)34-59-35-66(77(7,8)63-22-30-69(31-23-63)93-54-80(11)44-87-45-80)38-71(74(59)96-57-83(14)50-90-51-83)84(15,17-2)39-60-36-64(24-32-72(60)94-55-81(12)46-88-47-81)75(3,4)61-18-26-67(27-19-61)91-52-78(9)40-85-41-78/h18-38H,16-17,39-57H2,1-15H3/b58-34+. The van der Waals surface area contributed by atoms with Crippen molar-refractivity contribution < 1.29 is 56.8 Å². The van der Waals surface area contributed by atoms with Gasteiger partial charge in [-0.15, -0.1) is 0 Å². The van der Waals surface area contributed by atoms with E-state index in [4.69, 9.17) is 56.8 Å². The average molecular weight is 1310 g/mol. The average Bonchev–Trinajstić information content (AvgIpc) is 0.749. The summed E-state index contributed by atoms with van der Waals surface area (Å²) in [6.07, 6.45) is 4.61. The van der Waals surface area contributed by atoms with Crippen molar-refractivity contribution in [2.45, 2.75) is 145 Å². The van der Waals surface area contributed by atoms with Crippen LogP contribution in [0.1, 0.15) is 172 Å². The largest absolute Gasteiger partial charge is 0.493 e. The van der Waals surface area contributed by atoms with E-state index in [0.29, 0.717) is 98.9 Å². The summed E-state index contributed by atoms with van der Waals surface area (Å²) in [6, 6.07) is 44.7. The van der Waals surface area contributed by atoms with Gasteiger partial charge in [-0.25, -0.2) is 0 Å². The Morgan fingerprint density at radius 3 is 1.07 bits per heavy atom. The smallest absolute Gasteiger partial charge is 0.130 e. The van der Waals surface area contributed by atoms with Gasteiger partial charge in [0.1, 0.15) is 34.5 Å². The fourth-order valence-electron chi connectivity index (χ4n) is 13.8. The van der Waals surface area contributed by atoms with Crippen LogP contribution in [0.15, 0.2) is 121 Å². The van der Waals surface area contributed by atoms with Crippen molar-refractivity contribution in [2.24, 2.45) is 32.5 Å². The topological polar surface area (TPSA) is 111 Å². The SMILES string of the molecule is CC/C(=C\c1cc(C(C)(C)c2ccc(OCC3(C)COC3)cc2)cc(C(C)(CC)Cc2cc(C(C)(C)c3ccc(OCC4(C)COC4)cc3)ccc2OCC2(C)COC2)c1OCC1(C)COC1)c1cc(C(C)(C)c2ccc(OCC3(C)COC3)cc2)ccc1OCC1(C)COC1. The first-order chi connectivity index (χ1) is 45.6. The van der Waals surface area contributed by atoms with Crippen LogP contribution in [0.25, 0.3) is 11.6 Å². The monoisotopic (exact) mass is 1310 g/mol. The van der Waals surface area contributed by atoms with E-state index in [2.05, 4.69) is 231 Å². The minimum Gasteiger partial charge on any atom is -0.493 e. The minimum atomic E-state index is -0.499. The highest BCUT2D eigenvalue weighted by Crippen LogP contribution is 2.49. The number of allylic oxidation sites excluding steroid dienone is 1. The van der Waals surface area contributed by atoms with E-state index in [1.165, 1.54) is 33.4 Å². The van der Waals surface area contributed by atoms with Crippen molar-refractivity contribution in [3.8, 4) is 34.5 Å². The maximum absolute atomic E-state index is 7.60. The lowest BCUT2D eigenvalue weighted by Crippen LogP contribution is -2.44. The molecule has 1 atom stereocenters. The molecule has 12 rings (SSSR count). The van der Waals surface area contributed by atoms with Crippen LogP contribution in [0.3, 0.4) is 0 Å². The first-order valence-corrected chi connectivity index (χ1v) is 35.3. The third-order valence-electron chi connectivity index (χ3n) is 22.0. The molecular formula is C84H108O12. The van der Waals surface area contributed by atoms with Crippen molar-refractivity contribution in [1.29, 1.82) is 0 Å². The molecule has 0 aromatic heterocycles. The number of hydrogen-bond acceptors (Lipinski definition) is 12. The molecule has 12 nitrogen and oxygen atoms in total. The maximum Gasteiger partial charge on any atom is 0.130 e. The van der Waals surface area contributed by atoms with Gasteiger partial charge in [-0.2, -0.15) is 0 Å². The van der Waals surface area contributed by atoms with E-state index >= 15 is 0 Å². The molecule has 6 aromatic carbocycles. The second-order valence-electron chi connectivity index (χ2n) is 33.6. The molecule has 0 bridgehead atoms. The zero-order valence-electron chi connectivity index (χ0n) is 60.4. The van der Waals surface area contributed by atoms with Crippen molar-refractivity contribution in [2.75, 3.05) is 119 Å². The van der Waals surface area contributed by atoms with Crippen LogP contribution in [0.2, 0.25) is 0 Å². The van der Waals surface area contributed by atoms with Crippen LogP contribution < -0.4 is 28.4 Å². The lowest BCUT2D eigenvalue weighted by Gasteiger charge is -2.40. The second-order valence-corrected chi connectivity index (χ2v) is 33.6. The third kappa shape index (κ3) is 15.0. The molecule has 0 amide bonds. The number of rotatable bonds is 31. The van der Waals surface area contributed by atoms with Crippen molar-refractivity contribution in [3.05, 3.63) is 177 Å². The molecule has 6 saturated heterocycles. The lowest BCUT2D eigenvalue weighted by atomic mass is 9.70. The van der Waals surface area contributed by atoms with E-state index in [0.717, 1.165) is 102 Å². The first kappa shape index (κ1) is 69.5. The number of ether oxygens (including phenoxy) is 12. The fourth-order valence-corrected chi connectivity index (χ4v) is 13.8. The normalized spacial score (nSPS) is 20.3. The molecule has 6 fully saturated rings. The van der Waals surface area contributed by atoms with Crippen LogP contribution >= 0.6 is 0 Å². The molecule has 6 aliphatic rings. The molecule has 12 heteroatoms. The Bertz CT molecular complexity index is 3700. The Kier molecular flexibility index (Phi) is 19.6. The predicted octanol–water partition coefficient (Wildman–Crippen LogP) is 17.0. The summed E-state index contributed by atoms with van der Waals surface area (Å²) >= 11 is 0. The van der Waals surface area contributed by atoms with Gasteiger partial charge < -0.3 is 56.8 Å². The molecule has 0 radical (unpaired) electrons. The van der Waals surface area contributed by atoms with Crippen LogP contribution in [0.5, 0.6) is 34.5 Å². The van der Waals surface area contributed by atoms with Crippen LogP contribution in [0.4, 0.5) is 0 Å². The fraction of sp³-hybridized carbons (Fsp3) is 0.548. The van der Waals surface area contributed by atoms with E-state index in [1.54, 1.807) is 0 Å². The van der Waals surface area contributed by atoms with Crippen molar-refractivity contribution in [3.63, 3.8) is 0 Å². The lowest BCUT2D eigenvalue weighted by molar-refractivity contribution is -0.120. The molecule has 6 aliphatic heterocycles. The molecule has 6 aromatic rings. The first-order valence-electron chi connectivity index (χ1n) is 35.3. The van der Waals surface area contributed by atoms with Gasteiger partial charge in [0, 0.05) is 70.8 Å². The summed E-state index contributed by atoms with van der Waals surface area (Å²) in [5.74, 6) is 5.21. The maximum atomic E-state index is 7.60. The van der Waals surface area contributed by atoms with E-state index in [1.807, 2.05) is 0 Å².